The average Bonchev–Trinajstić information content (AvgIpc) is 1.90. The Labute approximate surface area is 54.9 Å². The maximum atomic E-state index is 5.11. The molecule has 1 saturated heterocycles. The highest BCUT2D eigenvalue weighted by molar-refractivity contribution is 4.76. The van der Waals surface area contributed by atoms with Crippen molar-refractivity contribution in [1.82, 2.24) is 0 Å². The minimum atomic E-state index is -0.255. The molecule has 0 bridgehead atoms. The molecule has 0 aliphatic carbocycles. The summed E-state index contributed by atoms with van der Waals surface area (Å²) >= 11 is 0. The monoisotopic (exact) mass is 131 g/mol. The largest absolute Gasteiger partial charge is 0.374 e. The summed E-state index contributed by atoms with van der Waals surface area (Å²) < 4.78 is 14.9. The van der Waals surface area contributed by atoms with Gasteiger partial charge in [0.15, 0.2) is 0 Å². The van der Waals surface area contributed by atoms with Crippen LogP contribution in [-0.2, 0) is 14.2 Å². The lowest BCUT2D eigenvalue weighted by Gasteiger charge is -2.30. The number of hydrogen-bond donors (Lipinski definition) is 0. The van der Waals surface area contributed by atoms with E-state index in [1.807, 2.05) is 6.92 Å². The Morgan fingerprint density at radius 1 is 1.44 bits per heavy atom. The van der Waals surface area contributed by atoms with Crippen molar-refractivity contribution < 1.29 is 14.2 Å². The van der Waals surface area contributed by atoms with Crippen LogP contribution in [0.2, 0.25) is 0 Å². The van der Waals surface area contributed by atoms with Gasteiger partial charge in [-0.2, -0.15) is 0 Å². The summed E-state index contributed by atoms with van der Waals surface area (Å²) in [5.41, 5.74) is -0.255. The second-order valence-corrected chi connectivity index (χ2v) is 2.37. The quantitative estimate of drug-likeness (QED) is 0.520. The van der Waals surface area contributed by atoms with Crippen LogP contribution in [0.5, 0.6) is 0 Å². The van der Waals surface area contributed by atoms with Crippen molar-refractivity contribution >= 4 is 0 Å². The molecule has 1 heterocycles. The predicted molar refractivity (Wildman–Crippen MR) is 31.6 cm³/mol. The molecule has 1 radical (unpaired) electrons. The van der Waals surface area contributed by atoms with Gasteiger partial charge in [0.25, 0.3) is 0 Å². The Morgan fingerprint density at radius 3 is 2.33 bits per heavy atom. The first-order valence-corrected chi connectivity index (χ1v) is 2.87. The Morgan fingerprint density at radius 2 is 2.00 bits per heavy atom. The van der Waals surface area contributed by atoms with Gasteiger partial charge in [0, 0.05) is 7.11 Å². The van der Waals surface area contributed by atoms with E-state index in [9.17, 15) is 0 Å². The first-order chi connectivity index (χ1) is 4.27. The molecule has 0 unspecified atom stereocenters. The van der Waals surface area contributed by atoms with E-state index in [-0.39, 0.29) is 5.60 Å². The molecule has 0 amide bonds. The highest BCUT2D eigenvalue weighted by atomic mass is 16.7. The van der Waals surface area contributed by atoms with Gasteiger partial charge in [-0.25, -0.2) is 0 Å². The van der Waals surface area contributed by atoms with Gasteiger partial charge in [-0.05, 0) is 6.92 Å². The van der Waals surface area contributed by atoms with Crippen LogP contribution in [0.25, 0.3) is 0 Å². The van der Waals surface area contributed by atoms with E-state index in [2.05, 4.69) is 0 Å². The van der Waals surface area contributed by atoms with Crippen LogP contribution >= 0.6 is 0 Å². The average molecular weight is 131 g/mol. The molecule has 0 aromatic rings. The lowest BCUT2D eigenvalue weighted by Crippen LogP contribution is -2.41. The first kappa shape index (κ1) is 6.99. The highest BCUT2D eigenvalue weighted by Crippen LogP contribution is 2.15. The standard InChI is InChI=1S/C6H11O3/c1-6(7-2)3-8-5-9-4-6/h5H,3-4H2,1-2H3. The molecule has 0 atom stereocenters. The van der Waals surface area contributed by atoms with Crippen LogP contribution < -0.4 is 0 Å². The summed E-state index contributed by atoms with van der Waals surface area (Å²) in [5, 5.41) is 0. The molecule has 53 valence electrons. The Bertz CT molecular complexity index is 86.3. The second kappa shape index (κ2) is 2.64. The molecular formula is C6H11O3. The third-order valence-corrected chi connectivity index (χ3v) is 1.41. The molecule has 1 aliphatic heterocycles. The van der Waals surface area contributed by atoms with E-state index in [0.717, 1.165) is 0 Å². The fraction of sp³-hybridized carbons (Fsp3) is 0.833. The SMILES string of the molecule is COC1(C)CO[CH]OC1. The first-order valence-electron chi connectivity index (χ1n) is 2.87. The zero-order chi connectivity index (χ0) is 6.74. The van der Waals surface area contributed by atoms with E-state index in [1.165, 1.54) is 6.79 Å². The van der Waals surface area contributed by atoms with Gasteiger partial charge in [-0.1, -0.05) is 0 Å². The van der Waals surface area contributed by atoms with Crippen LogP contribution in [0.4, 0.5) is 0 Å². The van der Waals surface area contributed by atoms with Crippen molar-refractivity contribution in [3.05, 3.63) is 6.79 Å². The lowest BCUT2D eigenvalue weighted by molar-refractivity contribution is -0.164. The molecule has 1 aliphatic rings. The molecule has 9 heavy (non-hydrogen) atoms. The molecule has 3 nitrogen and oxygen atoms in total. The zero-order valence-electron chi connectivity index (χ0n) is 5.72. The van der Waals surface area contributed by atoms with Gasteiger partial charge in [-0.15, -0.1) is 0 Å². The summed E-state index contributed by atoms with van der Waals surface area (Å²) in [7, 11) is 1.65. The van der Waals surface area contributed by atoms with Crippen LogP contribution in [-0.4, -0.2) is 25.9 Å². The molecule has 0 aromatic heterocycles. The molecule has 0 N–H and O–H groups in total. The van der Waals surface area contributed by atoms with E-state index in [1.54, 1.807) is 7.11 Å². The van der Waals surface area contributed by atoms with Gasteiger partial charge < -0.3 is 14.2 Å². The maximum absolute atomic E-state index is 5.11. The number of ether oxygens (including phenoxy) is 3. The number of methoxy groups -OCH3 is 1. The topological polar surface area (TPSA) is 27.7 Å². The molecule has 1 fully saturated rings. The number of rotatable bonds is 1. The van der Waals surface area contributed by atoms with Gasteiger partial charge in [-0.3, -0.25) is 0 Å². The summed E-state index contributed by atoms with van der Waals surface area (Å²) in [6.45, 7) is 4.44. The van der Waals surface area contributed by atoms with Crippen molar-refractivity contribution in [3.63, 3.8) is 0 Å². The van der Waals surface area contributed by atoms with Gasteiger partial charge in [0.1, 0.15) is 5.60 Å². The van der Waals surface area contributed by atoms with Crippen LogP contribution in [0.3, 0.4) is 0 Å². The highest BCUT2D eigenvalue weighted by Gasteiger charge is 2.27. The normalized spacial score (nSPS) is 26.0. The fourth-order valence-electron chi connectivity index (χ4n) is 0.628. The minimum Gasteiger partial charge on any atom is -0.374 e. The smallest absolute Gasteiger partial charge is 0.209 e. The predicted octanol–water partition coefficient (Wildman–Crippen LogP) is 0.558. The van der Waals surface area contributed by atoms with Gasteiger partial charge in [0.2, 0.25) is 6.79 Å². The third kappa shape index (κ3) is 1.64. The summed E-state index contributed by atoms with van der Waals surface area (Å²) in [4.78, 5) is 0. The minimum absolute atomic E-state index is 0.255. The molecule has 0 spiro atoms. The van der Waals surface area contributed by atoms with Gasteiger partial charge in [0.05, 0.1) is 13.2 Å². The van der Waals surface area contributed by atoms with E-state index >= 15 is 0 Å². The maximum Gasteiger partial charge on any atom is 0.209 e. The van der Waals surface area contributed by atoms with E-state index < -0.39 is 0 Å². The van der Waals surface area contributed by atoms with Crippen LogP contribution in [0.1, 0.15) is 6.92 Å². The van der Waals surface area contributed by atoms with Crippen molar-refractivity contribution in [2.45, 2.75) is 12.5 Å². The Balaban J connectivity index is 2.37. The van der Waals surface area contributed by atoms with Crippen molar-refractivity contribution in [2.24, 2.45) is 0 Å². The molecule has 0 saturated carbocycles. The Kier molecular flexibility index (Phi) is 2.05. The van der Waals surface area contributed by atoms with Crippen LogP contribution in [0, 0.1) is 6.79 Å². The summed E-state index contributed by atoms with van der Waals surface area (Å²) in [6, 6.07) is 0. The summed E-state index contributed by atoms with van der Waals surface area (Å²) in [6.07, 6.45) is 0. The fourth-order valence-corrected chi connectivity index (χ4v) is 0.628. The van der Waals surface area contributed by atoms with Gasteiger partial charge >= 0.3 is 0 Å². The van der Waals surface area contributed by atoms with Crippen molar-refractivity contribution in [1.29, 1.82) is 0 Å². The molecule has 0 aromatic carbocycles. The zero-order valence-corrected chi connectivity index (χ0v) is 5.72. The Hall–Kier alpha value is -0.120. The van der Waals surface area contributed by atoms with E-state index in [4.69, 9.17) is 14.2 Å². The third-order valence-electron chi connectivity index (χ3n) is 1.41. The lowest BCUT2D eigenvalue weighted by atomic mass is 10.1. The number of hydrogen-bond acceptors (Lipinski definition) is 3. The van der Waals surface area contributed by atoms with Crippen molar-refractivity contribution in [3.8, 4) is 0 Å². The second-order valence-electron chi connectivity index (χ2n) is 2.37. The molecular weight excluding hydrogens is 120 g/mol. The van der Waals surface area contributed by atoms with Crippen molar-refractivity contribution in [2.75, 3.05) is 20.3 Å². The molecule has 3 heteroatoms. The molecule has 1 rings (SSSR count). The van der Waals surface area contributed by atoms with Crippen LogP contribution in [0.15, 0.2) is 0 Å². The summed E-state index contributed by atoms with van der Waals surface area (Å²) in [5.74, 6) is 0. The van der Waals surface area contributed by atoms with E-state index in [0.29, 0.717) is 13.2 Å².